The first-order chi connectivity index (χ1) is 10.5. The highest BCUT2D eigenvalue weighted by Gasteiger charge is 2.33. The molecule has 0 radical (unpaired) electrons. The molecule has 22 heavy (non-hydrogen) atoms. The maximum Gasteiger partial charge on any atom is 0.195 e. The summed E-state index contributed by atoms with van der Waals surface area (Å²) in [7, 11) is 0. The Labute approximate surface area is 129 Å². The minimum atomic E-state index is -0.0498. The van der Waals surface area contributed by atoms with Gasteiger partial charge in [-0.1, -0.05) is 56.3 Å². The van der Waals surface area contributed by atoms with Crippen molar-refractivity contribution in [1.82, 2.24) is 0 Å². The van der Waals surface area contributed by atoms with Gasteiger partial charge in [0.1, 0.15) is 0 Å². The summed E-state index contributed by atoms with van der Waals surface area (Å²) in [5.74, 6) is -0.0855. The predicted molar refractivity (Wildman–Crippen MR) is 86.3 cm³/mol. The molecule has 2 aromatic rings. The largest absolute Gasteiger partial charge is 0.289 e. The smallest absolute Gasteiger partial charge is 0.195 e. The van der Waals surface area contributed by atoms with E-state index in [1.165, 1.54) is 0 Å². The number of benzene rings is 2. The van der Waals surface area contributed by atoms with Gasteiger partial charge in [-0.2, -0.15) is 0 Å². The van der Waals surface area contributed by atoms with Gasteiger partial charge < -0.3 is 0 Å². The summed E-state index contributed by atoms with van der Waals surface area (Å²) in [6, 6.07) is 10.9. The van der Waals surface area contributed by atoms with Gasteiger partial charge in [0, 0.05) is 22.3 Å². The molecule has 2 aliphatic carbocycles. The highest BCUT2D eigenvalue weighted by Crippen LogP contribution is 2.37. The van der Waals surface area contributed by atoms with Crippen LogP contribution < -0.4 is 0 Å². The van der Waals surface area contributed by atoms with E-state index < -0.39 is 0 Å². The highest BCUT2D eigenvalue weighted by molar-refractivity contribution is 6.29. The molecule has 0 bridgehead atoms. The van der Waals surface area contributed by atoms with Crippen LogP contribution in [0.15, 0.2) is 42.5 Å². The number of carbonyl (C=O) groups is 2. The second-order valence-electron chi connectivity index (χ2n) is 6.76. The molecule has 2 aliphatic rings. The van der Waals surface area contributed by atoms with E-state index in [0.29, 0.717) is 22.3 Å². The standard InChI is InChI=1S/C20H16O2/c1-20(2)10-9-13-12(11-20)7-8-16-17(13)19(22)15-6-4-3-5-14(15)18(16)21/h3-10H,11H2,1-2H3. The Kier molecular flexibility index (Phi) is 2.56. The van der Waals surface area contributed by atoms with E-state index in [4.69, 9.17) is 0 Å². The number of hydrogen-bond acceptors (Lipinski definition) is 2. The molecule has 0 aliphatic heterocycles. The van der Waals surface area contributed by atoms with E-state index in [-0.39, 0.29) is 17.0 Å². The molecule has 0 unspecified atom stereocenters. The average molecular weight is 288 g/mol. The van der Waals surface area contributed by atoms with Crippen molar-refractivity contribution in [2.45, 2.75) is 20.3 Å². The fourth-order valence-electron chi connectivity index (χ4n) is 3.46. The zero-order valence-electron chi connectivity index (χ0n) is 12.6. The maximum absolute atomic E-state index is 12.9. The van der Waals surface area contributed by atoms with Crippen molar-refractivity contribution < 1.29 is 9.59 Å². The van der Waals surface area contributed by atoms with Gasteiger partial charge in [-0.3, -0.25) is 9.59 Å². The van der Waals surface area contributed by atoms with Crippen molar-refractivity contribution >= 4 is 17.6 Å². The topological polar surface area (TPSA) is 34.1 Å². The van der Waals surface area contributed by atoms with E-state index in [2.05, 4.69) is 19.9 Å². The lowest BCUT2D eigenvalue weighted by Gasteiger charge is -2.29. The van der Waals surface area contributed by atoms with Crippen molar-refractivity contribution in [1.29, 1.82) is 0 Å². The summed E-state index contributed by atoms with van der Waals surface area (Å²) < 4.78 is 0. The van der Waals surface area contributed by atoms with Crippen LogP contribution in [0, 0.1) is 5.41 Å². The van der Waals surface area contributed by atoms with Gasteiger partial charge >= 0.3 is 0 Å². The summed E-state index contributed by atoms with van der Waals surface area (Å²) in [5, 5.41) is 0. The van der Waals surface area contributed by atoms with E-state index in [1.807, 2.05) is 24.3 Å². The van der Waals surface area contributed by atoms with Gasteiger partial charge in [-0.25, -0.2) is 0 Å². The van der Waals surface area contributed by atoms with Gasteiger partial charge in [0.25, 0.3) is 0 Å². The lowest BCUT2D eigenvalue weighted by atomic mass is 9.74. The highest BCUT2D eigenvalue weighted by atomic mass is 16.1. The Bertz CT molecular complexity index is 869. The van der Waals surface area contributed by atoms with Gasteiger partial charge in [0.15, 0.2) is 11.6 Å². The number of hydrogen-bond donors (Lipinski definition) is 0. The Hall–Kier alpha value is -2.48. The van der Waals surface area contributed by atoms with Crippen LogP contribution in [0.2, 0.25) is 0 Å². The molecule has 0 amide bonds. The third kappa shape index (κ3) is 1.73. The molecule has 0 heterocycles. The second kappa shape index (κ2) is 4.26. The molecule has 0 aromatic heterocycles. The van der Waals surface area contributed by atoms with Gasteiger partial charge in [0.2, 0.25) is 0 Å². The Morgan fingerprint density at radius 2 is 1.55 bits per heavy atom. The van der Waals surface area contributed by atoms with Crippen molar-refractivity contribution in [3.8, 4) is 0 Å². The Morgan fingerprint density at radius 3 is 2.27 bits per heavy atom. The molecular formula is C20H16O2. The van der Waals surface area contributed by atoms with Crippen LogP contribution in [0.3, 0.4) is 0 Å². The first kappa shape index (κ1) is 13.2. The van der Waals surface area contributed by atoms with Gasteiger partial charge in [-0.15, -0.1) is 0 Å². The summed E-state index contributed by atoms with van der Waals surface area (Å²) in [6.45, 7) is 4.35. The van der Waals surface area contributed by atoms with Crippen LogP contribution in [0.25, 0.3) is 6.08 Å². The summed E-state index contributed by atoms with van der Waals surface area (Å²) in [5.41, 5.74) is 4.30. The lowest BCUT2D eigenvalue weighted by molar-refractivity contribution is 0.0979. The molecule has 108 valence electrons. The number of carbonyl (C=O) groups excluding carboxylic acids is 2. The van der Waals surface area contributed by atoms with Crippen molar-refractivity contribution in [3.63, 3.8) is 0 Å². The molecule has 0 spiro atoms. The second-order valence-corrected chi connectivity index (χ2v) is 6.76. The molecule has 2 nitrogen and oxygen atoms in total. The van der Waals surface area contributed by atoms with Crippen molar-refractivity contribution in [3.05, 3.63) is 75.9 Å². The summed E-state index contributed by atoms with van der Waals surface area (Å²) in [4.78, 5) is 25.6. The van der Waals surface area contributed by atoms with Crippen LogP contribution in [0.5, 0.6) is 0 Å². The van der Waals surface area contributed by atoms with Crippen LogP contribution in [-0.4, -0.2) is 11.6 Å². The quantitative estimate of drug-likeness (QED) is 0.625. The first-order valence-electron chi connectivity index (χ1n) is 7.51. The third-order valence-electron chi connectivity index (χ3n) is 4.57. The van der Waals surface area contributed by atoms with E-state index >= 15 is 0 Å². The normalized spacial score (nSPS) is 17.7. The van der Waals surface area contributed by atoms with Crippen LogP contribution in [0.1, 0.15) is 56.8 Å². The molecule has 2 aromatic carbocycles. The maximum atomic E-state index is 12.9. The van der Waals surface area contributed by atoms with E-state index in [1.54, 1.807) is 18.2 Å². The SMILES string of the molecule is CC1(C)C=Cc2c(ccc3c2C(=O)c2ccccc2C3=O)C1. The van der Waals surface area contributed by atoms with Gasteiger partial charge in [-0.05, 0) is 29.0 Å². The monoisotopic (exact) mass is 288 g/mol. The van der Waals surface area contributed by atoms with Crippen molar-refractivity contribution in [2.24, 2.45) is 5.41 Å². The Balaban J connectivity index is 1.99. The molecule has 2 heteroatoms. The van der Waals surface area contributed by atoms with Crippen molar-refractivity contribution in [2.75, 3.05) is 0 Å². The first-order valence-corrected chi connectivity index (χ1v) is 7.51. The average Bonchev–Trinajstić information content (AvgIpc) is 2.50. The van der Waals surface area contributed by atoms with Gasteiger partial charge in [0.05, 0.1) is 0 Å². The van der Waals surface area contributed by atoms with E-state index in [0.717, 1.165) is 17.5 Å². The molecule has 0 saturated carbocycles. The zero-order chi connectivity index (χ0) is 15.5. The molecule has 0 N–H and O–H groups in total. The lowest BCUT2D eigenvalue weighted by Crippen LogP contribution is -2.25. The van der Waals surface area contributed by atoms with Crippen LogP contribution in [0.4, 0.5) is 0 Å². The number of ketones is 2. The molecular weight excluding hydrogens is 272 g/mol. The number of fused-ring (bicyclic) bond motifs is 4. The van der Waals surface area contributed by atoms with E-state index in [9.17, 15) is 9.59 Å². The molecule has 0 atom stereocenters. The van der Waals surface area contributed by atoms with Crippen LogP contribution >= 0.6 is 0 Å². The fourth-order valence-corrected chi connectivity index (χ4v) is 3.46. The predicted octanol–water partition coefficient (Wildman–Crippen LogP) is 4.06. The number of rotatable bonds is 0. The third-order valence-corrected chi connectivity index (χ3v) is 4.57. The molecule has 0 fully saturated rings. The van der Waals surface area contributed by atoms with Crippen LogP contribution in [-0.2, 0) is 6.42 Å². The zero-order valence-corrected chi connectivity index (χ0v) is 12.6. The minimum Gasteiger partial charge on any atom is -0.289 e. The Morgan fingerprint density at radius 1 is 0.864 bits per heavy atom. The molecule has 0 saturated heterocycles. The summed E-state index contributed by atoms with van der Waals surface area (Å²) in [6.07, 6.45) is 5.03. The molecule has 4 rings (SSSR count). The summed E-state index contributed by atoms with van der Waals surface area (Å²) >= 11 is 0. The minimum absolute atomic E-state index is 0.0357. The fraction of sp³-hybridized carbons (Fsp3) is 0.200. The number of allylic oxidation sites excluding steroid dienone is 1.